The maximum Gasteiger partial charge on any atom is 0.238 e. The van der Waals surface area contributed by atoms with Crippen LogP contribution in [0.5, 0.6) is 0 Å². The number of para-hydroxylation sites is 2. The maximum absolute atomic E-state index is 5.87. The Morgan fingerprint density at radius 3 is 1.80 bits per heavy atom. The Bertz CT molecular complexity index is 649. The molecule has 4 nitrogen and oxygen atoms in total. The summed E-state index contributed by atoms with van der Waals surface area (Å²) in [5, 5.41) is 0.173. The van der Waals surface area contributed by atoms with Crippen molar-refractivity contribution in [2.24, 2.45) is 0 Å². The van der Waals surface area contributed by atoms with E-state index < -0.39 is 0 Å². The molecule has 0 saturated heterocycles. The van der Waals surface area contributed by atoms with Gasteiger partial charge in [-0.3, -0.25) is 4.90 Å². The van der Waals surface area contributed by atoms with Gasteiger partial charge in [0.2, 0.25) is 11.2 Å². The number of rotatable bonds is 3. The van der Waals surface area contributed by atoms with E-state index in [9.17, 15) is 0 Å². The van der Waals surface area contributed by atoms with E-state index >= 15 is 0 Å². The van der Waals surface area contributed by atoms with Crippen LogP contribution in [-0.2, 0) is 0 Å². The third kappa shape index (κ3) is 2.60. The van der Waals surface area contributed by atoms with Crippen LogP contribution in [0.4, 0.5) is 17.3 Å². The first-order chi connectivity index (χ1) is 9.84. The Morgan fingerprint density at radius 1 is 0.750 bits per heavy atom. The highest BCUT2D eigenvalue weighted by molar-refractivity contribution is 6.28. The number of aromatic nitrogens is 3. The van der Waals surface area contributed by atoms with Gasteiger partial charge in [0.05, 0.1) is 0 Å². The molecule has 0 aliphatic carbocycles. The number of hydrogen-bond acceptors (Lipinski definition) is 4. The minimum absolute atomic E-state index is 0.173. The monoisotopic (exact) mass is 282 g/mol. The lowest BCUT2D eigenvalue weighted by molar-refractivity contribution is 1.01. The number of benzene rings is 2. The molecule has 0 spiro atoms. The summed E-state index contributed by atoms with van der Waals surface area (Å²) in [5.41, 5.74) is 1.92. The zero-order valence-corrected chi connectivity index (χ0v) is 11.3. The van der Waals surface area contributed by atoms with E-state index in [0.29, 0.717) is 5.95 Å². The second kappa shape index (κ2) is 5.67. The van der Waals surface area contributed by atoms with Gasteiger partial charge >= 0.3 is 0 Å². The smallest absolute Gasteiger partial charge is 0.238 e. The van der Waals surface area contributed by atoms with Crippen molar-refractivity contribution < 1.29 is 0 Å². The zero-order valence-electron chi connectivity index (χ0n) is 10.5. The van der Waals surface area contributed by atoms with Crippen LogP contribution in [0.25, 0.3) is 0 Å². The Hall–Kier alpha value is -2.46. The van der Waals surface area contributed by atoms with Crippen molar-refractivity contribution in [2.45, 2.75) is 0 Å². The minimum atomic E-state index is 0.173. The molecular formula is C15H11ClN4. The van der Waals surface area contributed by atoms with Gasteiger partial charge in [-0.25, -0.2) is 9.97 Å². The van der Waals surface area contributed by atoms with Crippen molar-refractivity contribution in [2.75, 3.05) is 4.90 Å². The standard InChI is InChI=1S/C15H11ClN4/c16-14-17-11-18-15(19-14)20(12-7-3-1-4-8-12)13-9-5-2-6-10-13/h1-11H. The SMILES string of the molecule is Clc1ncnc(N(c2ccccc2)c2ccccc2)n1. The summed E-state index contributed by atoms with van der Waals surface area (Å²) in [6.07, 6.45) is 1.41. The van der Waals surface area contributed by atoms with Gasteiger partial charge in [0.15, 0.2) is 0 Å². The molecule has 0 radical (unpaired) electrons. The van der Waals surface area contributed by atoms with E-state index in [0.717, 1.165) is 11.4 Å². The highest BCUT2D eigenvalue weighted by atomic mass is 35.5. The topological polar surface area (TPSA) is 41.9 Å². The molecule has 0 aliphatic rings. The molecule has 1 aromatic heterocycles. The second-order valence-corrected chi connectivity index (χ2v) is 4.40. The molecule has 0 unspecified atom stereocenters. The molecule has 3 rings (SSSR count). The molecule has 1 heterocycles. The van der Waals surface area contributed by atoms with E-state index in [1.54, 1.807) is 0 Å². The Balaban J connectivity index is 2.14. The molecule has 3 aromatic rings. The summed E-state index contributed by atoms with van der Waals surface area (Å²) in [7, 11) is 0. The molecule has 5 heteroatoms. The molecule has 0 saturated carbocycles. The van der Waals surface area contributed by atoms with Crippen molar-refractivity contribution in [3.63, 3.8) is 0 Å². The highest BCUT2D eigenvalue weighted by Crippen LogP contribution is 2.31. The first-order valence-electron chi connectivity index (χ1n) is 6.09. The third-order valence-corrected chi connectivity index (χ3v) is 2.94. The molecule has 20 heavy (non-hydrogen) atoms. The number of hydrogen-bond donors (Lipinski definition) is 0. The Kier molecular flexibility index (Phi) is 3.56. The normalized spacial score (nSPS) is 10.2. The van der Waals surface area contributed by atoms with Crippen molar-refractivity contribution in [1.82, 2.24) is 15.0 Å². The number of nitrogens with zero attached hydrogens (tertiary/aromatic N) is 4. The van der Waals surface area contributed by atoms with Crippen LogP contribution in [0.15, 0.2) is 67.0 Å². The van der Waals surface area contributed by atoms with Crippen LogP contribution in [0.2, 0.25) is 5.28 Å². The molecule has 0 fully saturated rings. The fourth-order valence-corrected chi connectivity index (χ4v) is 2.03. The van der Waals surface area contributed by atoms with Gasteiger partial charge < -0.3 is 0 Å². The van der Waals surface area contributed by atoms with Gasteiger partial charge in [-0.15, -0.1) is 0 Å². The van der Waals surface area contributed by atoms with E-state index in [4.69, 9.17) is 11.6 Å². The molecule has 0 aliphatic heterocycles. The molecule has 0 amide bonds. The fourth-order valence-electron chi connectivity index (χ4n) is 1.91. The lowest BCUT2D eigenvalue weighted by Crippen LogP contribution is -2.13. The second-order valence-electron chi connectivity index (χ2n) is 4.06. The van der Waals surface area contributed by atoms with Crippen LogP contribution in [0.3, 0.4) is 0 Å². The van der Waals surface area contributed by atoms with Crippen LogP contribution in [0, 0.1) is 0 Å². The van der Waals surface area contributed by atoms with E-state index in [-0.39, 0.29) is 5.28 Å². The van der Waals surface area contributed by atoms with Crippen LogP contribution in [0.1, 0.15) is 0 Å². The Morgan fingerprint density at radius 2 is 1.30 bits per heavy atom. The van der Waals surface area contributed by atoms with Crippen molar-refractivity contribution in [3.8, 4) is 0 Å². The van der Waals surface area contributed by atoms with Crippen molar-refractivity contribution in [3.05, 3.63) is 72.3 Å². The predicted molar refractivity (Wildman–Crippen MR) is 79.5 cm³/mol. The minimum Gasteiger partial charge on any atom is -0.279 e. The first-order valence-corrected chi connectivity index (χ1v) is 6.47. The van der Waals surface area contributed by atoms with E-state index in [1.807, 2.05) is 65.6 Å². The average molecular weight is 283 g/mol. The average Bonchev–Trinajstić information content (AvgIpc) is 2.50. The first kappa shape index (κ1) is 12.6. The van der Waals surface area contributed by atoms with Gasteiger partial charge in [0, 0.05) is 11.4 Å². The summed E-state index contributed by atoms with van der Waals surface area (Å²) in [5.74, 6) is 0.488. The molecule has 0 bridgehead atoms. The summed E-state index contributed by atoms with van der Waals surface area (Å²) in [6.45, 7) is 0. The summed E-state index contributed by atoms with van der Waals surface area (Å²) < 4.78 is 0. The predicted octanol–water partition coefficient (Wildman–Crippen LogP) is 3.99. The summed E-state index contributed by atoms with van der Waals surface area (Å²) >= 11 is 5.87. The summed E-state index contributed by atoms with van der Waals surface area (Å²) in [6, 6.07) is 19.8. The fraction of sp³-hybridized carbons (Fsp3) is 0. The highest BCUT2D eigenvalue weighted by Gasteiger charge is 2.14. The van der Waals surface area contributed by atoms with Crippen LogP contribution >= 0.6 is 11.6 Å². The van der Waals surface area contributed by atoms with Crippen molar-refractivity contribution >= 4 is 28.9 Å². The van der Waals surface area contributed by atoms with E-state index in [2.05, 4.69) is 15.0 Å². The number of halogens is 1. The Labute approximate surface area is 121 Å². The lowest BCUT2D eigenvalue weighted by Gasteiger charge is -2.22. The van der Waals surface area contributed by atoms with Crippen molar-refractivity contribution in [1.29, 1.82) is 0 Å². The molecule has 0 N–H and O–H groups in total. The molecule has 0 atom stereocenters. The molecular weight excluding hydrogens is 272 g/mol. The third-order valence-electron chi connectivity index (χ3n) is 2.76. The van der Waals surface area contributed by atoms with E-state index in [1.165, 1.54) is 6.33 Å². The maximum atomic E-state index is 5.87. The molecule has 98 valence electrons. The van der Waals surface area contributed by atoms with Gasteiger partial charge in [0.25, 0.3) is 0 Å². The molecule has 2 aromatic carbocycles. The van der Waals surface area contributed by atoms with Crippen LogP contribution in [-0.4, -0.2) is 15.0 Å². The largest absolute Gasteiger partial charge is 0.279 e. The number of anilines is 3. The van der Waals surface area contributed by atoms with Gasteiger partial charge in [-0.2, -0.15) is 4.98 Å². The van der Waals surface area contributed by atoms with Gasteiger partial charge in [-0.05, 0) is 35.9 Å². The van der Waals surface area contributed by atoms with Crippen LogP contribution < -0.4 is 4.90 Å². The zero-order chi connectivity index (χ0) is 13.8. The lowest BCUT2D eigenvalue weighted by atomic mass is 10.2. The quantitative estimate of drug-likeness (QED) is 0.728. The van der Waals surface area contributed by atoms with Gasteiger partial charge in [-0.1, -0.05) is 36.4 Å². The van der Waals surface area contributed by atoms with Gasteiger partial charge in [0.1, 0.15) is 6.33 Å². The summed E-state index contributed by atoms with van der Waals surface area (Å²) in [4.78, 5) is 14.2.